The second kappa shape index (κ2) is 4.79. The Morgan fingerprint density at radius 2 is 2.33 bits per heavy atom. The molecule has 2 N–H and O–H groups in total. The Morgan fingerprint density at radius 1 is 1.58 bits per heavy atom. The lowest BCUT2D eigenvalue weighted by Crippen LogP contribution is -2.19. The summed E-state index contributed by atoms with van der Waals surface area (Å²) in [4.78, 5) is 0. The average Bonchev–Trinajstić information content (AvgIpc) is 2.07. The molecule has 12 heavy (non-hydrogen) atoms. The Hall–Kier alpha value is -0.130. The highest BCUT2D eigenvalue weighted by atomic mass is 127. The summed E-state index contributed by atoms with van der Waals surface area (Å²) in [6.07, 6.45) is 0. The summed E-state index contributed by atoms with van der Waals surface area (Å²) in [5, 5.41) is 12.0. The summed E-state index contributed by atoms with van der Waals surface area (Å²) in [6, 6.07) is 8.17. The van der Waals surface area contributed by atoms with Crippen molar-refractivity contribution in [1.82, 2.24) is 5.32 Å². The number of hydrogen-bond acceptors (Lipinski definition) is 2. The van der Waals surface area contributed by atoms with Crippen molar-refractivity contribution in [3.8, 4) is 0 Å². The Bertz CT molecular complexity index is 248. The van der Waals surface area contributed by atoms with Gasteiger partial charge in [0.25, 0.3) is 0 Å². The van der Waals surface area contributed by atoms with Crippen LogP contribution in [-0.4, -0.2) is 18.8 Å². The second-order valence-electron chi connectivity index (χ2n) is 2.58. The molecule has 66 valence electrons. The summed E-state index contributed by atoms with van der Waals surface area (Å²) in [6.45, 7) is 0.136. The molecule has 0 saturated carbocycles. The van der Waals surface area contributed by atoms with E-state index in [1.165, 1.54) is 3.57 Å². The van der Waals surface area contributed by atoms with Crippen LogP contribution in [0.25, 0.3) is 0 Å². The van der Waals surface area contributed by atoms with Gasteiger partial charge in [0.1, 0.15) is 0 Å². The first kappa shape index (κ1) is 9.95. The van der Waals surface area contributed by atoms with Crippen molar-refractivity contribution < 1.29 is 5.11 Å². The van der Waals surface area contributed by atoms with E-state index in [0.717, 1.165) is 5.56 Å². The van der Waals surface area contributed by atoms with Gasteiger partial charge in [-0.05, 0) is 47.3 Å². The van der Waals surface area contributed by atoms with Crippen LogP contribution in [-0.2, 0) is 0 Å². The van der Waals surface area contributed by atoms with Crippen LogP contribution in [0.4, 0.5) is 0 Å². The van der Waals surface area contributed by atoms with Crippen molar-refractivity contribution in [2.45, 2.75) is 6.04 Å². The summed E-state index contributed by atoms with van der Waals surface area (Å²) < 4.78 is 1.19. The minimum Gasteiger partial charge on any atom is -0.394 e. The highest BCUT2D eigenvalue weighted by Gasteiger charge is 2.06. The Morgan fingerprint density at radius 3 is 2.83 bits per heavy atom. The fourth-order valence-corrected chi connectivity index (χ4v) is 1.65. The maximum Gasteiger partial charge on any atom is 0.0626 e. The normalized spacial score (nSPS) is 12.9. The molecular weight excluding hydrogens is 265 g/mol. The predicted octanol–water partition coefficient (Wildman–Crippen LogP) is 1.54. The van der Waals surface area contributed by atoms with Crippen molar-refractivity contribution in [3.63, 3.8) is 0 Å². The van der Waals surface area contributed by atoms with Gasteiger partial charge < -0.3 is 10.4 Å². The summed E-state index contributed by atoms with van der Waals surface area (Å²) >= 11 is 2.26. The van der Waals surface area contributed by atoms with Gasteiger partial charge in [-0.15, -0.1) is 0 Å². The standard InChI is InChI=1S/C9H12INO/c1-11-9(6-12)7-3-2-4-8(10)5-7/h2-5,9,11-12H,6H2,1H3/t9-/m0/s1. The minimum absolute atomic E-state index is 0.0553. The number of aliphatic hydroxyl groups excluding tert-OH is 1. The van der Waals surface area contributed by atoms with Gasteiger partial charge in [0.15, 0.2) is 0 Å². The first-order chi connectivity index (χ1) is 5.77. The van der Waals surface area contributed by atoms with Crippen molar-refractivity contribution in [2.75, 3.05) is 13.7 Å². The molecule has 0 aromatic heterocycles. The first-order valence-electron chi connectivity index (χ1n) is 3.81. The number of halogens is 1. The summed E-state index contributed by atoms with van der Waals surface area (Å²) in [5.41, 5.74) is 1.13. The molecule has 0 aliphatic carbocycles. The smallest absolute Gasteiger partial charge is 0.0626 e. The van der Waals surface area contributed by atoms with Gasteiger partial charge in [-0.3, -0.25) is 0 Å². The SMILES string of the molecule is CN[C@@H](CO)c1cccc(I)c1. The molecule has 3 heteroatoms. The molecule has 1 aromatic carbocycles. The molecule has 1 atom stereocenters. The molecule has 2 nitrogen and oxygen atoms in total. The largest absolute Gasteiger partial charge is 0.394 e. The van der Waals surface area contributed by atoms with E-state index in [0.29, 0.717) is 0 Å². The van der Waals surface area contributed by atoms with Crippen molar-refractivity contribution >= 4 is 22.6 Å². The number of rotatable bonds is 3. The van der Waals surface area contributed by atoms with Crippen LogP contribution in [0, 0.1) is 3.57 Å². The first-order valence-corrected chi connectivity index (χ1v) is 4.89. The summed E-state index contributed by atoms with van der Waals surface area (Å²) in [5.74, 6) is 0. The zero-order valence-corrected chi connectivity index (χ0v) is 9.08. The van der Waals surface area contributed by atoms with Crippen molar-refractivity contribution in [2.24, 2.45) is 0 Å². The Kier molecular flexibility index (Phi) is 3.97. The monoisotopic (exact) mass is 277 g/mol. The zero-order valence-electron chi connectivity index (χ0n) is 6.92. The highest BCUT2D eigenvalue weighted by Crippen LogP contribution is 2.14. The van der Waals surface area contributed by atoms with Crippen LogP contribution in [0.2, 0.25) is 0 Å². The Balaban J connectivity index is 2.85. The third kappa shape index (κ3) is 2.43. The second-order valence-corrected chi connectivity index (χ2v) is 3.82. The van der Waals surface area contributed by atoms with E-state index in [9.17, 15) is 0 Å². The van der Waals surface area contributed by atoms with Gasteiger partial charge in [-0.1, -0.05) is 12.1 Å². The minimum atomic E-state index is 0.0553. The molecule has 0 radical (unpaired) electrons. The maximum atomic E-state index is 9.01. The molecule has 0 bridgehead atoms. The lowest BCUT2D eigenvalue weighted by atomic mass is 10.1. The van der Waals surface area contributed by atoms with Crippen molar-refractivity contribution in [3.05, 3.63) is 33.4 Å². The number of aliphatic hydroxyl groups is 1. The van der Waals surface area contributed by atoms with E-state index in [1.54, 1.807) is 0 Å². The molecule has 0 aliphatic heterocycles. The van der Waals surface area contributed by atoms with Crippen LogP contribution in [0.1, 0.15) is 11.6 Å². The van der Waals surface area contributed by atoms with E-state index in [2.05, 4.69) is 34.0 Å². The van der Waals surface area contributed by atoms with Gasteiger partial charge in [0.05, 0.1) is 12.6 Å². The van der Waals surface area contributed by atoms with E-state index in [-0.39, 0.29) is 12.6 Å². The van der Waals surface area contributed by atoms with Gasteiger partial charge in [-0.25, -0.2) is 0 Å². The topological polar surface area (TPSA) is 32.3 Å². The molecule has 0 unspecified atom stereocenters. The molecule has 0 aliphatic rings. The molecule has 1 aromatic rings. The fraction of sp³-hybridized carbons (Fsp3) is 0.333. The fourth-order valence-electron chi connectivity index (χ4n) is 1.09. The molecule has 1 rings (SSSR count). The molecule has 0 amide bonds. The van der Waals surface area contributed by atoms with Crippen LogP contribution < -0.4 is 5.32 Å². The Labute approximate surface area is 86.1 Å². The number of hydrogen-bond donors (Lipinski definition) is 2. The average molecular weight is 277 g/mol. The molecule has 0 spiro atoms. The summed E-state index contributed by atoms with van der Waals surface area (Å²) in [7, 11) is 1.85. The number of likely N-dealkylation sites (N-methyl/N-ethyl adjacent to an activating group) is 1. The van der Waals surface area contributed by atoms with Crippen LogP contribution in [0.5, 0.6) is 0 Å². The van der Waals surface area contributed by atoms with E-state index < -0.39 is 0 Å². The third-order valence-electron chi connectivity index (χ3n) is 1.78. The van der Waals surface area contributed by atoms with Gasteiger partial charge >= 0.3 is 0 Å². The van der Waals surface area contributed by atoms with Gasteiger partial charge in [0.2, 0.25) is 0 Å². The molecule has 0 saturated heterocycles. The third-order valence-corrected chi connectivity index (χ3v) is 2.45. The van der Waals surface area contributed by atoms with Crippen molar-refractivity contribution in [1.29, 1.82) is 0 Å². The predicted molar refractivity (Wildman–Crippen MR) is 58.0 cm³/mol. The lowest BCUT2D eigenvalue weighted by molar-refractivity contribution is 0.251. The quantitative estimate of drug-likeness (QED) is 0.821. The van der Waals surface area contributed by atoms with Gasteiger partial charge in [-0.2, -0.15) is 0 Å². The van der Waals surface area contributed by atoms with E-state index in [4.69, 9.17) is 5.11 Å². The van der Waals surface area contributed by atoms with E-state index >= 15 is 0 Å². The zero-order chi connectivity index (χ0) is 8.97. The van der Waals surface area contributed by atoms with Crippen LogP contribution in [0.15, 0.2) is 24.3 Å². The molecular formula is C9H12INO. The number of nitrogens with one attached hydrogen (secondary N) is 1. The lowest BCUT2D eigenvalue weighted by Gasteiger charge is -2.13. The number of benzene rings is 1. The highest BCUT2D eigenvalue weighted by molar-refractivity contribution is 14.1. The van der Waals surface area contributed by atoms with Crippen LogP contribution in [0.3, 0.4) is 0 Å². The van der Waals surface area contributed by atoms with Gasteiger partial charge in [0, 0.05) is 3.57 Å². The maximum absolute atomic E-state index is 9.01. The van der Waals surface area contributed by atoms with Crippen LogP contribution >= 0.6 is 22.6 Å². The van der Waals surface area contributed by atoms with E-state index in [1.807, 2.05) is 25.2 Å². The molecule has 0 fully saturated rings. The molecule has 0 heterocycles.